The van der Waals surface area contributed by atoms with Crippen LogP contribution in [0.4, 0.5) is 0 Å². The van der Waals surface area contributed by atoms with E-state index in [0.717, 1.165) is 0 Å². The summed E-state index contributed by atoms with van der Waals surface area (Å²) in [6, 6.07) is 0. The van der Waals surface area contributed by atoms with Gasteiger partial charge in [-0.25, -0.2) is 0 Å². The molecule has 0 aromatic carbocycles. The monoisotopic (exact) mass is 410 g/mol. The maximum atomic E-state index is 2.79. The van der Waals surface area contributed by atoms with Gasteiger partial charge in [0.2, 0.25) is 0 Å². The molecule has 0 bridgehead atoms. The van der Waals surface area contributed by atoms with Crippen molar-refractivity contribution in [2.45, 2.75) is 143 Å². The summed E-state index contributed by atoms with van der Waals surface area (Å²) in [5.74, 6) is 0. The minimum Gasteiger partial charge on any atom is -0.290 e. The number of nitrogens with zero attached hydrogens (tertiary/aromatic N) is 2. The molecule has 0 aromatic heterocycles. The van der Waals surface area contributed by atoms with Crippen molar-refractivity contribution in [2.24, 2.45) is 0 Å². The summed E-state index contributed by atoms with van der Waals surface area (Å²) in [7, 11) is 0. The molecule has 0 radical (unpaired) electrons. The van der Waals surface area contributed by atoms with Crippen molar-refractivity contribution < 1.29 is 0 Å². The van der Waals surface area contributed by atoms with Crippen LogP contribution in [0, 0.1) is 0 Å². The van der Waals surface area contributed by atoms with Crippen molar-refractivity contribution in [1.29, 1.82) is 0 Å². The van der Waals surface area contributed by atoms with Gasteiger partial charge in [-0.1, -0.05) is 118 Å². The van der Waals surface area contributed by atoms with Crippen LogP contribution in [0.1, 0.15) is 143 Å². The van der Waals surface area contributed by atoms with Gasteiger partial charge in [-0.3, -0.25) is 9.80 Å². The van der Waals surface area contributed by atoms with Crippen LogP contribution < -0.4 is 0 Å². The van der Waals surface area contributed by atoms with Crippen molar-refractivity contribution in [3.05, 3.63) is 0 Å². The maximum Gasteiger partial charge on any atom is 0.0506 e. The third kappa shape index (κ3) is 21.0. The molecule has 0 N–H and O–H groups in total. The molecule has 0 aromatic rings. The largest absolute Gasteiger partial charge is 0.290 e. The average molecular weight is 411 g/mol. The van der Waals surface area contributed by atoms with Crippen LogP contribution in [0.2, 0.25) is 0 Å². The SMILES string of the molecule is CCCCCCCCN(CCCCC)CN(CCCCC)CCCCCCCC. The molecule has 2 heteroatoms. The van der Waals surface area contributed by atoms with E-state index in [-0.39, 0.29) is 0 Å². The summed E-state index contributed by atoms with van der Waals surface area (Å²) in [6.07, 6.45) is 25.2. The summed E-state index contributed by atoms with van der Waals surface area (Å²) in [5, 5.41) is 0. The van der Waals surface area contributed by atoms with Gasteiger partial charge in [-0.2, -0.15) is 0 Å². The van der Waals surface area contributed by atoms with Crippen LogP contribution in [0.25, 0.3) is 0 Å². The van der Waals surface area contributed by atoms with E-state index in [1.54, 1.807) is 0 Å². The topological polar surface area (TPSA) is 6.48 Å². The lowest BCUT2D eigenvalue weighted by atomic mass is 10.1. The molecule has 0 saturated heterocycles. The fourth-order valence-electron chi connectivity index (χ4n) is 4.19. The van der Waals surface area contributed by atoms with Crippen LogP contribution in [0.3, 0.4) is 0 Å². The van der Waals surface area contributed by atoms with Gasteiger partial charge in [0.15, 0.2) is 0 Å². The highest BCUT2D eigenvalue weighted by Crippen LogP contribution is 2.11. The molecular formula is C27H58N2. The second kappa shape index (κ2) is 24.2. The van der Waals surface area contributed by atoms with Crippen LogP contribution in [-0.4, -0.2) is 42.6 Å². The maximum absolute atomic E-state index is 2.79. The standard InChI is InChI=1S/C27H58N2/c1-5-9-13-15-17-21-25-28(23-19-11-7-3)27-29(24-20-12-8-4)26-22-18-16-14-10-6-2/h5-27H2,1-4H3. The lowest BCUT2D eigenvalue weighted by Crippen LogP contribution is -2.40. The summed E-state index contributed by atoms with van der Waals surface area (Å²) >= 11 is 0. The molecule has 29 heavy (non-hydrogen) atoms. The summed E-state index contributed by atoms with van der Waals surface area (Å²) in [6.45, 7) is 15.7. The van der Waals surface area contributed by atoms with Gasteiger partial charge in [0, 0.05) is 0 Å². The van der Waals surface area contributed by atoms with Crippen molar-refractivity contribution in [3.8, 4) is 0 Å². The molecule has 0 aliphatic rings. The highest BCUT2D eigenvalue weighted by atomic mass is 15.3. The zero-order chi connectivity index (χ0) is 21.4. The first kappa shape index (κ1) is 28.9. The van der Waals surface area contributed by atoms with E-state index in [4.69, 9.17) is 0 Å². The highest BCUT2D eigenvalue weighted by molar-refractivity contribution is 4.64. The lowest BCUT2D eigenvalue weighted by Gasteiger charge is -2.31. The van der Waals surface area contributed by atoms with E-state index < -0.39 is 0 Å². The van der Waals surface area contributed by atoms with Gasteiger partial charge in [0.05, 0.1) is 6.67 Å². The van der Waals surface area contributed by atoms with E-state index in [1.165, 1.54) is 148 Å². The normalized spacial score (nSPS) is 11.8. The Balaban J connectivity index is 4.36. The van der Waals surface area contributed by atoms with Crippen molar-refractivity contribution >= 4 is 0 Å². The minimum absolute atomic E-state index is 1.22. The second-order valence-corrected chi connectivity index (χ2v) is 9.33. The highest BCUT2D eigenvalue weighted by Gasteiger charge is 2.11. The Morgan fingerprint density at radius 2 is 0.552 bits per heavy atom. The van der Waals surface area contributed by atoms with Gasteiger partial charge in [-0.15, -0.1) is 0 Å². The number of unbranched alkanes of at least 4 members (excludes halogenated alkanes) is 14. The van der Waals surface area contributed by atoms with E-state index in [1.807, 2.05) is 0 Å². The quantitative estimate of drug-likeness (QED) is 0.116. The number of hydrogen-bond donors (Lipinski definition) is 0. The summed E-state index contributed by atoms with van der Waals surface area (Å²) in [5.41, 5.74) is 0. The predicted molar refractivity (Wildman–Crippen MR) is 134 cm³/mol. The third-order valence-corrected chi connectivity index (χ3v) is 6.21. The molecule has 0 rings (SSSR count). The Hall–Kier alpha value is -0.0800. The van der Waals surface area contributed by atoms with E-state index >= 15 is 0 Å². The second-order valence-electron chi connectivity index (χ2n) is 9.33. The zero-order valence-electron chi connectivity index (χ0n) is 21.2. The van der Waals surface area contributed by atoms with E-state index in [2.05, 4.69) is 37.5 Å². The van der Waals surface area contributed by atoms with E-state index in [0.29, 0.717) is 0 Å². The molecule has 2 nitrogen and oxygen atoms in total. The average Bonchev–Trinajstić information content (AvgIpc) is 2.72. The van der Waals surface area contributed by atoms with Gasteiger partial charge in [0.1, 0.15) is 0 Å². The molecular weight excluding hydrogens is 352 g/mol. The first-order chi connectivity index (χ1) is 14.3. The predicted octanol–water partition coefficient (Wildman–Crippen LogP) is 8.65. The fraction of sp³-hybridized carbons (Fsp3) is 1.00. The Morgan fingerprint density at radius 1 is 0.310 bits per heavy atom. The van der Waals surface area contributed by atoms with Crippen molar-refractivity contribution in [2.75, 3.05) is 32.8 Å². The summed E-state index contributed by atoms with van der Waals surface area (Å²) < 4.78 is 0. The van der Waals surface area contributed by atoms with Crippen molar-refractivity contribution in [3.63, 3.8) is 0 Å². The zero-order valence-corrected chi connectivity index (χ0v) is 21.2. The van der Waals surface area contributed by atoms with Crippen LogP contribution >= 0.6 is 0 Å². The van der Waals surface area contributed by atoms with Crippen LogP contribution in [0.5, 0.6) is 0 Å². The van der Waals surface area contributed by atoms with Crippen molar-refractivity contribution in [1.82, 2.24) is 9.80 Å². The molecule has 0 spiro atoms. The molecule has 0 saturated carbocycles. The Labute approximate surface area is 186 Å². The molecule has 0 heterocycles. The smallest absolute Gasteiger partial charge is 0.0506 e. The van der Waals surface area contributed by atoms with Gasteiger partial charge in [0.25, 0.3) is 0 Å². The summed E-state index contributed by atoms with van der Waals surface area (Å²) in [4.78, 5) is 5.58. The van der Waals surface area contributed by atoms with Gasteiger partial charge >= 0.3 is 0 Å². The third-order valence-electron chi connectivity index (χ3n) is 6.21. The molecule has 0 aliphatic heterocycles. The fourth-order valence-corrected chi connectivity index (χ4v) is 4.19. The minimum atomic E-state index is 1.22. The molecule has 0 amide bonds. The lowest BCUT2D eigenvalue weighted by molar-refractivity contribution is 0.123. The van der Waals surface area contributed by atoms with Crippen LogP contribution in [-0.2, 0) is 0 Å². The first-order valence-electron chi connectivity index (χ1n) is 13.7. The number of rotatable bonds is 24. The number of hydrogen-bond acceptors (Lipinski definition) is 2. The molecule has 0 aliphatic carbocycles. The Morgan fingerprint density at radius 3 is 0.897 bits per heavy atom. The Kier molecular flexibility index (Phi) is 24.1. The van der Waals surface area contributed by atoms with Gasteiger partial charge < -0.3 is 0 Å². The first-order valence-corrected chi connectivity index (χ1v) is 13.7. The molecule has 0 fully saturated rings. The Bertz CT molecular complexity index is 264. The van der Waals surface area contributed by atoms with E-state index in [9.17, 15) is 0 Å². The van der Waals surface area contributed by atoms with Gasteiger partial charge in [-0.05, 0) is 51.9 Å². The molecule has 176 valence electrons. The molecule has 0 atom stereocenters. The molecule has 0 unspecified atom stereocenters. The van der Waals surface area contributed by atoms with Crippen LogP contribution in [0.15, 0.2) is 0 Å².